The van der Waals surface area contributed by atoms with Gasteiger partial charge in [0.15, 0.2) is 5.78 Å². The number of carboxylic acids is 1. The Kier molecular flexibility index (Phi) is 4.49. The maximum atomic E-state index is 11.2. The van der Waals surface area contributed by atoms with Crippen molar-refractivity contribution in [1.29, 1.82) is 0 Å². The highest BCUT2D eigenvalue weighted by atomic mass is 79.9. The maximum Gasteiger partial charge on any atom is 0.303 e. The molecule has 0 aromatic heterocycles. The summed E-state index contributed by atoms with van der Waals surface area (Å²) in [5.74, 6) is -0.782. The van der Waals surface area contributed by atoms with E-state index in [0.717, 1.165) is 5.56 Å². The van der Waals surface area contributed by atoms with Gasteiger partial charge in [0.25, 0.3) is 0 Å². The van der Waals surface area contributed by atoms with E-state index in [9.17, 15) is 9.59 Å². The molecule has 0 bridgehead atoms. The lowest BCUT2D eigenvalue weighted by Gasteiger charge is -2.00. The molecule has 1 aromatic carbocycles. The fourth-order valence-corrected chi connectivity index (χ4v) is 1.51. The van der Waals surface area contributed by atoms with Crippen molar-refractivity contribution < 1.29 is 14.7 Å². The summed E-state index contributed by atoms with van der Waals surface area (Å²) in [6.07, 6.45) is 0.615. The second kappa shape index (κ2) is 5.66. The number of Topliss-reactive ketones (excluding diaryl/α,β-unsaturated/α-hetero) is 1. The Hall–Kier alpha value is -1.16. The van der Waals surface area contributed by atoms with Crippen molar-refractivity contribution in [1.82, 2.24) is 0 Å². The average Bonchev–Trinajstić information content (AvgIpc) is 2.26. The molecule has 0 aliphatic rings. The minimum absolute atomic E-state index is 0.0276. The number of halogens is 1. The number of hydrogen-bond acceptors (Lipinski definition) is 2. The van der Waals surface area contributed by atoms with Crippen LogP contribution in [0.3, 0.4) is 0 Å². The Morgan fingerprint density at radius 3 is 2.27 bits per heavy atom. The largest absolute Gasteiger partial charge is 0.481 e. The van der Waals surface area contributed by atoms with Gasteiger partial charge in [-0.25, -0.2) is 0 Å². The van der Waals surface area contributed by atoms with Crippen molar-refractivity contribution in [3.63, 3.8) is 0 Å². The van der Waals surface area contributed by atoms with Crippen LogP contribution in [-0.2, 0) is 11.2 Å². The first-order chi connectivity index (χ1) is 7.13. The molecule has 0 unspecified atom stereocenters. The van der Waals surface area contributed by atoms with E-state index in [1.54, 1.807) is 24.3 Å². The molecule has 15 heavy (non-hydrogen) atoms. The Morgan fingerprint density at radius 2 is 1.80 bits per heavy atom. The van der Waals surface area contributed by atoms with Crippen LogP contribution in [0.25, 0.3) is 0 Å². The molecule has 0 saturated heterocycles. The molecule has 3 nitrogen and oxygen atoms in total. The van der Waals surface area contributed by atoms with Crippen LogP contribution in [0.5, 0.6) is 0 Å². The molecule has 0 spiro atoms. The van der Waals surface area contributed by atoms with E-state index >= 15 is 0 Å². The number of carboxylic acid groups (broad SMARTS) is 1. The summed E-state index contributed by atoms with van der Waals surface area (Å²) in [5, 5.41) is 8.80. The summed E-state index contributed by atoms with van der Waals surface area (Å²) in [5.41, 5.74) is 1.58. The van der Waals surface area contributed by atoms with Gasteiger partial charge in [-0.05, 0) is 12.0 Å². The number of rotatable bonds is 5. The molecule has 1 aromatic rings. The monoisotopic (exact) mass is 270 g/mol. The number of hydrogen-bond donors (Lipinski definition) is 1. The van der Waals surface area contributed by atoms with Crippen molar-refractivity contribution in [2.24, 2.45) is 0 Å². The van der Waals surface area contributed by atoms with Crippen molar-refractivity contribution in [2.75, 3.05) is 5.33 Å². The summed E-state index contributed by atoms with van der Waals surface area (Å²) in [6, 6.07) is 7.03. The molecule has 1 rings (SSSR count). The predicted molar refractivity (Wildman–Crippen MR) is 60.5 cm³/mol. The van der Waals surface area contributed by atoms with Gasteiger partial charge in [0.1, 0.15) is 0 Å². The number of carbonyl (C=O) groups excluding carboxylic acids is 1. The first-order valence-electron chi connectivity index (χ1n) is 4.53. The van der Waals surface area contributed by atoms with Crippen LogP contribution in [0.2, 0.25) is 0 Å². The van der Waals surface area contributed by atoms with Crippen LogP contribution in [0, 0.1) is 0 Å². The zero-order valence-corrected chi connectivity index (χ0v) is 9.66. The number of ketones is 1. The second-order valence-corrected chi connectivity index (χ2v) is 3.71. The minimum Gasteiger partial charge on any atom is -0.481 e. The molecule has 80 valence electrons. The highest BCUT2D eigenvalue weighted by Crippen LogP contribution is 2.08. The molecule has 0 fully saturated rings. The third kappa shape index (κ3) is 3.83. The van der Waals surface area contributed by atoms with Crippen LogP contribution in [-0.4, -0.2) is 22.2 Å². The van der Waals surface area contributed by atoms with Crippen LogP contribution >= 0.6 is 15.9 Å². The topological polar surface area (TPSA) is 54.4 Å². The van der Waals surface area contributed by atoms with Crippen molar-refractivity contribution in [2.45, 2.75) is 12.8 Å². The number of aryl methyl sites for hydroxylation is 1. The average molecular weight is 271 g/mol. The number of aliphatic carboxylic acids is 1. The number of benzene rings is 1. The Balaban J connectivity index is 2.64. The minimum atomic E-state index is -0.810. The van der Waals surface area contributed by atoms with Crippen molar-refractivity contribution in [3.8, 4) is 0 Å². The van der Waals surface area contributed by atoms with Crippen LogP contribution < -0.4 is 0 Å². The molecule has 0 radical (unpaired) electrons. The molecule has 0 amide bonds. The molecule has 0 aliphatic carbocycles. The smallest absolute Gasteiger partial charge is 0.303 e. The maximum absolute atomic E-state index is 11.2. The van der Waals surface area contributed by atoms with Gasteiger partial charge in [-0.3, -0.25) is 9.59 Å². The van der Waals surface area contributed by atoms with E-state index < -0.39 is 5.97 Å². The predicted octanol–water partition coefficient (Wildman–Crippen LogP) is 2.28. The highest BCUT2D eigenvalue weighted by molar-refractivity contribution is 9.09. The van der Waals surface area contributed by atoms with Crippen LogP contribution in [0.15, 0.2) is 24.3 Å². The van der Waals surface area contributed by atoms with E-state index in [1.165, 1.54) is 0 Å². The van der Waals surface area contributed by atoms with Crippen LogP contribution in [0.1, 0.15) is 22.3 Å². The molecule has 0 aliphatic heterocycles. The van der Waals surface area contributed by atoms with E-state index in [0.29, 0.717) is 17.3 Å². The Bertz CT molecular complexity index is 357. The fourth-order valence-electron chi connectivity index (χ4n) is 1.19. The molecule has 4 heteroatoms. The summed E-state index contributed by atoms with van der Waals surface area (Å²) in [6.45, 7) is 0. The van der Waals surface area contributed by atoms with Gasteiger partial charge in [-0.2, -0.15) is 0 Å². The second-order valence-electron chi connectivity index (χ2n) is 3.15. The Morgan fingerprint density at radius 1 is 1.20 bits per heavy atom. The molecule has 1 N–H and O–H groups in total. The first-order valence-corrected chi connectivity index (χ1v) is 5.65. The van der Waals surface area contributed by atoms with Crippen molar-refractivity contribution in [3.05, 3.63) is 35.4 Å². The van der Waals surface area contributed by atoms with E-state index in [1.807, 2.05) is 0 Å². The summed E-state index contributed by atoms with van der Waals surface area (Å²) < 4.78 is 0. The van der Waals surface area contributed by atoms with Crippen LogP contribution in [0.4, 0.5) is 0 Å². The van der Waals surface area contributed by atoms with E-state index in [4.69, 9.17) is 5.11 Å². The van der Waals surface area contributed by atoms with Crippen molar-refractivity contribution >= 4 is 27.7 Å². The normalized spacial score (nSPS) is 9.93. The summed E-state index contributed by atoms with van der Waals surface area (Å²) >= 11 is 3.09. The first kappa shape index (κ1) is 11.9. The zero-order valence-electron chi connectivity index (χ0n) is 8.07. The van der Waals surface area contributed by atoms with Gasteiger partial charge < -0.3 is 5.11 Å². The van der Waals surface area contributed by atoms with Gasteiger partial charge >= 0.3 is 5.97 Å². The molecular formula is C11H11BrO3. The zero-order chi connectivity index (χ0) is 11.3. The third-order valence-corrected chi connectivity index (χ3v) is 2.53. The van der Waals surface area contributed by atoms with Gasteiger partial charge in [0, 0.05) is 12.0 Å². The lowest BCUT2D eigenvalue weighted by molar-refractivity contribution is -0.136. The number of alkyl halides is 1. The van der Waals surface area contributed by atoms with Gasteiger partial charge in [-0.15, -0.1) is 0 Å². The Labute approximate surface area is 96.2 Å². The van der Waals surface area contributed by atoms with Gasteiger partial charge in [0.05, 0.1) is 5.33 Å². The molecular weight excluding hydrogens is 260 g/mol. The molecule has 0 saturated carbocycles. The van der Waals surface area contributed by atoms with Gasteiger partial charge in [0.2, 0.25) is 0 Å². The molecule has 0 heterocycles. The summed E-state index contributed by atoms with van der Waals surface area (Å²) in [7, 11) is 0. The van der Waals surface area contributed by atoms with E-state index in [-0.39, 0.29) is 12.2 Å². The quantitative estimate of drug-likeness (QED) is 0.660. The van der Waals surface area contributed by atoms with E-state index in [2.05, 4.69) is 15.9 Å². The fraction of sp³-hybridized carbons (Fsp3) is 0.273. The van der Waals surface area contributed by atoms with Gasteiger partial charge in [-0.1, -0.05) is 40.2 Å². The highest BCUT2D eigenvalue weighted by Gasteiger charge is 2.04. The lowest BCUT2D eigenvalue weighted by Crippen LogP contribution is -2.01. The summed E-state index contributed by atoms with van der Waals surface area (Å²) in [4.78, 5) is 21.6. The lowest BCUT2D eigenvalue weighted by atomic mass is 10.1. The standard InChI is InChI=1S/C11H11BrO3/c12-7-10(13)9-4-1-8(2-5-9)3-6-11(14)15/h1-2,4-5H,3,6-7H2,(H,14,15). The SMILES string of the molecule is O=C(O)CCc1ccc(C(=O)CBr)cc1. The molecule has 0 atom stereocenters. The number of carbonyl (C=O) groups is 2. The third-order valence-electron chi connectivity index (χ3n) is 2.02.